The van der Waals surface area contributed by atoms with E-state index in [4.69, 9.17) is 16.0 Å². The van der Waals surface area contributed by atoms with Crippen LogP contribution in [0.1, 0.15) is 5.56 Å². The third-order valence-corrected chi connectivity index (χ3v) is 5.18. The summed E-state index contributed by atoms with van der Waals surface area (Å²) < 4.78 is 19.7. The first kappa shape index (κ1) is 17.6. The van der Waals surface area contributed by atoms with Gasteiger partial charge in [-0.25, -0.2) is 4.39 Å². The van der Waals surface area contributed by atoms with Gasteiger partial charge in [0.2, 0.25) is 6.39 Å². The van der Waals surface area contributed by atoms with Gasteiger partial charge in [-0.15, -0.1) is 10.2 Å². The molecular formula is C22H14ClFN4O. The van der Waals surface area contributed by atoms with Crippen molar-refractivity contribution in [1.82, 2.24) is 20.2 Å². The molecule has 3 heterocycles. The van der Waals surface area contributed by atoms with Crippen LogP contribution in [0, 0.1) is 12.7 Å². The fourth-order valence-corrected chi connectivity index (χ4v) is 3.80. The van der Waals surface area contributed by atoms with E-state index < -0.39 is 0 Å². The minimum absolute atomic E-state index is 0.357. The highest BCUT2D eigenvalue weighted by molar-refractivity contribution is 6.33. The average Bonchev–Trinajstić information content (AvgIpc) is 3.37. The SMILES string of the molecule is Cc1ccnc(-c2nnco2)c1-c1ccc2[nH]c(-c3c(F)cccc3Cl)cc2c1. The Morgan fingerprint density at radius 1 is 1.07 bits per heavy atom. The molecule has 5 aromatic rings. The summed E-state index contributed by atoms with van der Waals surface area (Å²) in [7, 11) is 0. The predicted octanol–water partition coefficient (Wildman–Crippen LogP) is 6.05. The number of halogens is 2. The maximum atomic E-state index is 14.3. The van der Waals surface area contributed by atoms with Gasteiger partial charge in [0.25, 0.3) is 5.89 Å². The lowest BCUT2D eigenvalue weighted by atomic mass is 9.98. The predicted molar refractivity (Wildman–Crippen MR) is 110 cm³/mol. The van der Waals surface area contributed by atoms with Crippen LogP contribution in [0.5, 0.6) is 0 Å². The van der Waals surface area contributed by atoms with Crippen LogP contribution in [0.4, 0.5) is 4.39 Å². The van der Waals surface area contributed by atoms with Crippen molar-refractivity contribution < 1.29 is 8.81 Å². The van der Waals surface area contributed by atoms with Gasteiger partial charge in [0.15, 0.2) is 0 Å². The van der Waals surface area contributed by atoms with Crippen LogP contribution in [0.15, 0.2) is 65.5 Å². The van der Waals surface area contributed by atoms with Crippen LogP contribution in [0.2, 0.25) is 5.02 Å². The van der Waals surface area contributed by atoms with Crippen LogP contribution >= 0.6 is 11.6 Å². The number of H-pyrrole nitrogens is 1. The topological polar surface area (TPSA) is 67.6 Å². The fourth-order valence-electron chi connectivity index (χ4n) is 3.54. The van der Waals surface area contributed by atoms with Crippen molar-refractivity contribution in [2.45, 2.75) is 6.92 Å². The van der Waals surface area contributed by atoms with Crippen molar-refractivity contribution >= 4 is 22.5 Å². The Morgan fingerprint density at radius 2 is 1.97 bits per heavy atom. The van der Waals surface area contributed by atoms with Gasteiger partial charge in [-0.3, -0.25) is 4.98 Å². The second-order valence-corrected chi connectivity index (χ2v) is 7.08. The van der Waals surface area contributed by atoms with Crippen LogP contribution in [-0.2, 0) is 0 Å². The van der Waals surface area contributed by atoms with Gasteiger partial charge < -0.3 is 9.40 Å². The zero-order chi connectivity index (χ0) is 20.0. The molecule has 0 unspecified atom stereocenters. The lowest BCUT2D eigenvalue weighted by Crippen LogP contribution is -1.93. The van der Waals surface area contributed by atoms with Crippen molar-refractivity contribution in [3.05, 3.63) is 77.5 Å². The van der Waals surface area contributed by atoms with Crippen molar-refractivity contribution in [3.63, 3.8) is 0 Å². The van der Waals surface area contributed by atoms with E-state index in [1.165, 1.54) is 12.5 Å². The lowest BCUT2D eigenvalue weighted by molar-refractivity contribution is 0.566. The number of hydrogen-bond acceptors (Lipinski definition) is 4. The van der Waals surface area contributed by atoms with Crippen LogP contribution < -0.4 is 0 Å². The molecule has 0 aliphatic rings. The van der Waals surface area contributed by atoms with Crippen LogP contribution in [0.3, 0.4) is 0 Å². The highest BCUT2D eigenvalue weighted by Crippen LogP contribution is 2.36. The molecule has 0 amide bonds. The van der Waals surface area contributed by atoms with Gasteiger partial charge in [-0.05, 0) is 54.4 Å². The third-order valence-electron chi connectivity index (χ3n) is 4.86. The second kappa shape index (κ2) is 6.83. The Bertz CT molecular complexity index is 1320. The summed E-state index contributed by atoms with van der Waals surface area (Å²) in [5.74, 6) is -0.0113. The van der Waals surface area contributed by atoms with Crippen molar-refractivity contribution in [2.75, 3.05) is 0 Å². The molecule has 0 atom stereocenters. The van der Waals surface area contributed by atoms with Gasteiger partial charge in [0.1, 0.15) is 11.5 Å². The molecular weight excluding hydrogens is 391 g/mol. The minimum atomic E-state index is -0.369. The van der Waals surface area contributed by atoms with E-state index >= 15 is 0 Å². The van der Waals surface area contributed by atoms with Crippen molar-refractivity contribution in [1.29, 1.82) is 0 Å². The molecule has 3 aromatic heterocycles. The number of aromatic nitrogens is 4. The summed E-state index contributed by atoms with van der Waals surface area (Å²) in [4.78, 5) is 7.69. The first-order chi connectivity index (χ1) is 14.1. The molecule has 5 rings (SSSR count). The van der Waals surface area contributed by atoms with Gasteiger partial charge in [-0.1, -0.05) is 23.7 Å². The number of pyridine rings is 1. The normalized spacial score (nSPS) is 11.3. The number of aromatic amines is 1. The largest absolute Gasteiger partial charge is 0.422 e. The number of rotatable bonds is 3. The van der Waals surface area contributed by atoms with Crippen LogP contribution in [0.25, 0.3) is 44.9 Å². The Morgan fingerprint density at radius 3 is 2.76 bits per heavy atom. The maximum absolute atomic E-state index is 14.3. The number of hydrogen-bond donors (Lipinski definition) is 1. The molecule has 2 aromatic carbocycles. The van der Waals surface area contributed by atoms with Crippen LogP contribution in [-0.4, -0.2) is 20.2 Å². The van der Waals surface area contributed by atoms with E-state index in [1.807, 2.05) is 37.3 Å². The molecule has 0 saturated carbocycles. The molecule has 1 N–H and O–H groups in total. The van der Waals surface area contributed by atoms with E-state index in [2.05, 4.69) is 20.2 Å². The molecule has 7 heteroatoms. The van der Waals surface area contributed by atoms with Crippen molar-refractivity contribution in [3.8, 4) is 34.0 Å². The summed E-state index contributed by atoms with van der Waals surface area (Å²) in [6.07, 6.45) is 2.99. The number of nitrogens with one attached hydrogen (secondary N) is 1. The third kappa shape index (κ3) is 2.98. The average molecular weight is 405 g/mol. The quantitative estimate of drug-likeness (QED) is 0.397. The fraction of sp³-hybridized carbons (Fsp3) is 0.0455. The zero-order valence-corrected chi connectivity index (χ0v) is 16.0. The van der Waals surface area contributed by atoms with Crippen molar-refractivity contribution in [2.24, 2.45) is 0 Å². The molecule has 0 saturated heterocycles. The minimum Gasteiger partial charge on any atom is -0.422 e. The number of benzene rings is 2. The molecule has 5 nitrogen and oxygen atoms in total. The first-order valence-corrected chi connectivity index (χ1v) is 9.29. The van der Waals surface area contributed by atoms with Gasteiger partial charge in [0, 0.05) is 22.7 Å². The highest BCUT2D eigenvalue weighted by atomic mass is 35.5. The monoisotopic (exact) mass is 404 g/mol. The Hall–Kier alpha value is -3.51. The standard InChI is InChI=1S/C22H14ClFN4O/c1-12-7-8-25-21(22-28-26-11-29-22)19(12)13-5-6-17-14(9-13)10-18(27-17)20-15(23)3-2-4-16(20)24/h2-11,27H,1H3. The molecule has 0 aliphatic heterocycles. The Balaban J connectivity index is 1.68. The summed E-state index contributed by atoms with van der Waals surface area (Å²) in [5, 5.41) is 9.04. The summed E-state index contributed by atoms with van der Waals surface area (Å²) in [6, 6.07) is 14.4. The van der Waals surface area contributed by atoms with E-state index in [-0.39, 0.29) is 5.82 Å². The highest BCUT2D eigenvalue weighted by Gasteiger charge is 2.17. The molecule has 0 fully saturated rings. The number of nitrogens with zero attached hydrogens (tertiary/aromatic N) is 3. The summed E-state index contributed by atoms with van der Waals surface area (Å²) >= 11 is 6.23. The molecule has 0 aliphatic carbocycles. The smallest absolute Gasteiger partial charge is 0.266 e. The van der Waals surface area contributed by atoms with Gasteiger partial charge >= 0.3 is 0 Å². The lowest BCUT2D eigenvalue weighted by Gasteiger charge is -2.09. The van der Waals surface area contributed by atoms with Gasteiger partial charge in [-0.2, -0.15) is 0 Å². The van der Waals surface area contributed by atoms with E-state index in [0.29, 0.717) is 27.9 Å². The molecule has 142 valence electrons. The number of fused-ring (bicyclic) bond motifs is 1. The second-order valence-electron chi connectivity index (χ2n) is 6.68. The van der Waals surface area contributed by atoms with E-state index in [1.54, 1.807) is 18.3 Å². The van der Waals surface area contributed by atoms with E-state index in [9.17, 15) is 4.39 Å². The van der Waals surface area contributed by atoms with Gasteiger partial charge in [0.05, 0.1) is 16.3 Å². The number of aryl methyl sites for hydroxylation is 1. The zero-order valence-electron chi connectivity index (χ0n) is 15.3. The maximum Gasteiger partial charge on any atom is 0.266 e. The van der Waals surface area contributed by atoms with E-state index in [0.717, 1.165) is 27.6 Å². The Labute approximate surface area is 170 Å². The summed E-state index contributed by atoms with van der Waals surface area (Å²) in [5.41, 5.74) is 5.36. The Kier molecular flexibility index (Phi) is 4.14. The molecule has 0 spiro atoms. The summed E-state index contributed by atoms with van der Waals surface area (Å²) in [6.45, 7) is 2.00. The molecule has 29 heavy (non-hydrogen) atoms. The molecule has 0 bridgehead atoms. The first-order valence-electron chi connectivity index (χ1n) is 8.91. The molecule has 0 radical (unpaired) electrons.